The molecule has 1 aromatic carbocycles. The van der Waals surface area contributed by atoms with Gasteiger partial charge in [-0.2, -0.15) is 0 Å². The number of nitrogens with one attached hydrogen (secondary N) is 2. The predicted octanol–water partition coefficient (Wildman–Crippen LogP) is 3.61. The van der Waals surface area contributed by atoms with E-state index in [4.69, 9.17) is 4.99 Å². The number of likely N-dealkylation sites (tertiary alicyclic amines) is 1. The van der Waals surface area contributed by atoms with Crippen LogP contribution in [0.15, 0.2) is 29.3 Å². The highest BCUT2D eigenvalue weighted by molar-refractivity contribution is 14.0. The predicted molar refractivity (Wildman–Crippen MR) is 119 cm³/mol. The third kappa shape index (κ3) is 7.94. The quantitative estimate of drug-likeness (QED) is 0.389. The number of hydrogen-bond donors (Lipinski definition) is 2. The van der Waals surface area contributed by atoms with Crippen LogP contribution in [0.3, 0.4) is 0 Å². The molecule has 1 aliphatic heterocycles. The van der Waals surface area contributed by atoms with Crippen molar-refractivity contribution >= 4 is 29.9 Å². The lowest BCUT2D eigenvalue weighted by atomic mass is 9.97. The topological polar surface area (TPSA) is 39.7 Å². The molecule has 2 rings (SSSR count). The van der Waals surface area contributed by atoms with Gasteiger partial charge >= 0.3 is 0 Å². The standard InChI is InChI=1S/C20H34N4.HI/c1-5-21-20(23-15-18-9-11-24(4)12-10-18)22-14-17(3)19-8-6-7-16(2)13-19;/h6-8,13,17-18H,5,9-12,14-15H2,1-4H3,(H2,21,22,23);1H. The van der Waals surface area contributed by atoms with Crippen molar-refractivity contribution in [3.05, 3.63) is 35.4 Å². The van der Waals surface area contributed by atoms with Gasteiger partial charge in [-0.15, -0.1) is 24.0 Å². The van der Waals surface area contributed by atoms with Crippen LogP contribution in [0.1, 0.15) is 43.7 Å². The van der Waals surface area contributed by atoms with Gasteiger partial charge in [-0.1, -0.05) is 36.8 Å². The number of halogens is 1. The van der Waals surface area contributed by atoms with Gasteiger partial charge in [0.05, 0.1) is 0 Å². The molecule has 0 aliphatic carbocycles. The maximum atomic E-state index is 4.80. The zero-order valence-electron chi connectivity index (χ0n) is 16.2. The fourth-order valence-corrected chi connectivity index (χ4v) is 3.16. The summed E-state index contributed by atoms with van der Waals surface area (Å²) in [5.74, 6) is 2.15. The molecule has 0 amide bonds. The van der Waals surface area contributed by atoms with Crippen LogP contribution in [0.25, 0.3) is 0 Å². The van der Waals surface area contributed by atoms with E-state index in [-0.39, 0.29) is 24.0 Å². The molecule has 0 aromatic heterocycles. The molecule has 1 fully saturated rings. The minimum Gasteiger partial charge on any atom is -0.357 e. The summed E-state index contributed by atoms with van der Waals surface area (Å²) in [5, 5.41) is 6.92. The lowest BCUT2D eigenvalue weighted by Crippen LogP contribution is -2.42. The fourth-order valence-electron chi connectivity index (χ4n) is 3.16. The summed E-state index contributed by atoms with van der Waals surface area (Å²) in [5.41, 5.74) is 2.68. The fraction of sp³-hybridized carbons (Fsp3) is 0.650. The van der Waals surface area contributed by atoms with Gasteiger partial charge in [0, 0.05) is 25.6 Å². The van der Waals surface area contributed by atoms with Crippen molar-refractivity contribution in [3.63, 3.8) is 0 Å². The highest BCUT2D eigenvalue weighted by Crippen LogP contribution is 2.17. The summed E-state index contributed by atoms with van der Waals surface area (Å²) < 4.78 is 0. The molecule has 1 atom stereocenters. The summed E-state index contributed by atoms with van der Waals surface area (Å²) in [6.45, 7) is 11.7. The van der Waals surface area contributed by atoms with Gasteiger partial charge in [-0.05, 0) is 58.3 Å². The summed E-state index contributed by atoms with van der Waals surface area (Å²) in [7, 11) is 2.21. The van der Waals surface area contributed by atoms with Crippen molar-refractivity contribution in [1.82, 2.24) is 15.5 Å². The van der Waals surface area contributed by atoms with E-state index in [1.165, 1.54) is 37.1 Å². The second kappa shape index (κ2) is 11.7. The van der Waals surface area contributed by atoms with Crippen molar-refractivity contribution in [2.45, 2.75) is 39.5 Å². The molecule has 0 radical (unpaired) electrons. The zero-order chi connectivity index (χ0) is 17.4. The van der Waals surface area contributed by atoms with Crippen LogP contribution in [0.5, 0.6) is 0 Å². The van der Waals surface area contributed by atoms with Gasteiger partial charge in [0.15, 0.2) is 5.96 Å². The maximum absolute atomic E-state index is 4.80. The Bertz CT molecular complexity index is 524. The Labute approximate surface area is 170 Å². The minimum atomic E-state index is 0. The number of aryl methyl sites for hydroxylation is 1. The molecule has 2 N–H and O–H groups in total. The van der Waals surface area contributed by atoms with E-state index in [0.717, 1.165) is 31.5 Å². The van der Waals surface area contributed by atoms with Crippen LogP contribution < -0.4 is 10.6 Å². The molecule has 4 nitrogen and oxygen atoms in total. The molecule has 1 aliphatic rings. The Morgan fingerprint density at radius 2 is 2.00 bits per heavy atom. The lowest BCUT2D eigenvalue weighted by Gasteiger charge is -2.29. The van der Waals surface area contributed by atoms with Gasteiger partial charge in [0.2, 0.25) is 0 Å². The third-order valence-electron chi connectivity index (χ3n) is 4.87. The molecule has 0 spiro atoms. The van der Waals surface area contributed by atoms with E-state index >= 15 is 0 Å². The summed E-state index contributed by atoms with van der Waals surface area (Å²) in [4.78, 5) is 7.22. The highest BCUT2D eigenvalue weighted by Gasteiger charge is 2.16. The normalized spacial score (nSPS) is 17.7. The van der Waals surface area contributed by atoms with E-state index < -0.39 is 0 Å². The highest BCUT2D eigenvalue weighted by atomic mass is 127. The van der Waals surface area contributed by atoms with E-state index in [2.05, 4.69) is 67.6 Å². The van der Waals surface area contributed by atoms with E-state index in [0.29, 0.717) is 5.92 Å². The van der Waals surface area contributed by atoms with Crippen LogP contribution in [-0.4, -0.2) is 50.6 Å². The largest absolute Gasteiger partial charge is 0.357 e. The first kappa shape index (κ1) is 22.2. The molecule has 1 unspecified atom stereocenters. The average molecular weight is 458 g/mol. The second-order valence-corrected chi connectivity index (χ2v) is 7.16. The van der Waals surface area contributed by atoms with Crippen molar-refractivity contribution < 1.29 is 0 Å². The summed E-state index contributed by atoms with van der Waals surface area (Å²) in [6.07, 6.45) is 2.56. The van der Waals surface area contributed by atoms with Gasteiger partial charge in [-0.25, -0.2) is 0 Å². The Kier molecular flexibility index (Phi) is 10.4. The molecular weight excluding hydrogens is 423 g/mol. The maximum Gasteiger partial charge on any atom is 0.191 e. The molecule has 142 valence electrons. The Hall–Kier alpha value is -0.820. The number of piperidine rings is 1. The average Bonchev–Trinajstić information content (AvgIpc) is 2.58. The zero-order valence-corrected chi connectivity index (χ0v) is 18.5. The SMILES string of the molecule is CCNC(=NCC(C)c1cccc(C)c1)NCC1CCN(C)CC1.I. The summed E-state index contributed by atoms with van der Waals surface area (Å²) in [6, 6.07) is 8.74. The molecule has 25 heavy (non-hydrogen) atoms. The van der Waals surface area contributed by atoms with Gasteiger partial charge in [-0.3, -0.25) is 4.99 Å². The van der Waals surface area contributed by atoms with Crippen molar-refractivity contribution in [3.8, 4) is 0 Å². The number of hydrogen-bond acceptors (Lipinski definition) is 2. The Balaban J connectivity index is 0.00000312. The van der Waals surface area contributed by atoms with E-state index in [1.54, 1.807) is 0 Å². The first-order chi connectivity index (χ1) is 11.6. The lowest BCUT2D eigenvalue weighted by molar-refractivity contribution is 0.220. The molecule has 1 heterocycles. The van der Waals surface area contributed by atoms with E-state index in [9.17, 15) is 0 Å². The van der Waals surface area contributed by atoms with Gasteiger partial charge < -0.3 is 15.5 Å². The van der Waals surface area contributed by atoms with Gasteiger partial charge in [0.25, 0.3) is 0 Å². The number of guanidine groups is 1. The minimum absolute atomic E-state index is 0. The van der Waals surface area contributed by atoms with Crippen molar-refractivity contribution in [2.75, 3.05) is 39.8 Å². The second-order valence-electron chi connectivity index (χ2n) is 7.16. The number of benzene rings is 1. The number of rotatable bonds is 6. The van der Waals surface area contributed by atoms with Crippen LogP contribution in [-0.2, 0) is 0 Å². The van der Waals surface area contributed by atoms with Crippen LogP contribution in [0.4, 0.5) is 0 Å². The molecule has 0 saturated carbocycles. The van der Waals surface area contributed by atoms with Crippen molar-refractivity contribution in [1.29, 1.82) is 0 Å². The van der Waals surface area contributed by atoms with Crippen molar-refractivity contribution in [2.24, 2.45) is 10.9 Å². The van der Waals surface area contributed by atoms with Crippen LogP contribution >= 0.6 is 24.0 Å². The van der Waals surface area contributed by atoms with Crippen LogP contribution in [0, 0.1) is 12.8 Å². The molecule has 1 aromatic rings. The molecule has 5 heteroatoms. The number of nitrogens with zero attached hydrogens (tertiary/aromatic N) is 2. The first-order valence-corrected chi connectivity index (χ1v) is 9.35. The van der Waals surface area contributed by atoms with Gasteiger partial charge in [0.1, 0.15) is 0 Å². The Morgan fingerprint density at radius 1 is 1.28 bits per heavy atom. The Morgan fingerprint density at radius 3 is 2.64 bits per heavy atom. The van der Waals surface area contributed by atoms with Crippen LogP contribution in [0.2, 0.25) is 0 Å². The first-order valence-electron chi connectivity index (χ1n) is 9.35. The third-order valence-corrected chi connectivity index (χ3v) is 4.87. The molecule has 0 bridgehead atoms. The molecule has 1 saturated heterocycles. The summed E-state index contributed by atoms with van der Waals surface area (Å²) >= 11 is 0. The van der Waals surface area contributed by atoms with E-state index in [1.807, 2.05) is 0 Å². The molecular formula is C20H35IN4. The smallest absolute Gasteiger partial charge is 0.191 e. The number of aliphatic imine (C=N–C) groups is 1. The monoisotopic (exact) mass is 458 g/mol.